The average molecular weight is 238 g/mol. The van der Waals surface area contributed by atoms with Crippen molar-refractivity contribution in [3.63, 3.8) is 0 Å². The Balaban J connectivity index is 2.33. The highest BCUT2D eigenvalue weighted by atomic mass is 19.1. The molecule has 0 aliphatic rings. The Morgan fingerprint density at radius 2 is 1.82 bits per heavy atom. The van der Waals surface area contributed by atoms with Crippen LogP contribution in [-0.4, -0.2) is 12.5 Å². The molecule has 0 aromatic heterocycles. The van der Waals surface area contributed by atoms with Gasteiger partial charge >= 0.3 is 0 Å². The molecule has 0 aliphatic carbocycles. The number of amides is 1. The summed E-state index contributed by atoms with van der Waals surface area (Å²) in [7, 11) is 0. The molecule has 0 radical (unpaired) electrons. The second-order valence-electron chi connectivity index (χ2n) is 5.20. The SMILES string of the molecule is CC(C)(C)CCNNC(=O)c1ccc(F)cc1. The van der Waals surface area contributed by atoms with Crippen molar-refractivity contribution in [3.05, 3.63) is 35.6 Å². The van der Waals surface area contributed by atoms with Crippen LogP contribution in [0.1, 0.15) is 37.6 Å². The molecule has 0 fully saturated rings. The van der Waals surface area contributed by atoms with E-state index in [1.165, 1.54) is 24.3 Å². The maximum absolute atomic E-state index is 12.6. The van der Waals surface area contributed by atoms with E-state index in [0.29, 0.717) is 12.1 Å². The Labute approximate surface area is 101 Å². The first-order valence-corrected chi connectivity index (χ1v) is 5.67. The van der Waals surface area contributed by atoms with E-state index in [1.54, 1.807) is 0 Å². The number of hydrogen-bond acceptors (Lipinski definition) is 2. The Hall–Kier alpha value is -1.42. The highest BCUT2D eigenvalue weighted by Crippen LogP contribution is 2.16. The second-order valence-corrected chi connectivity index (χ2v) is 5.20. The molecule has 1 rings (SSSR count). The summed E-state index contributed by atoms with van der Waals surface area (Å²) in [5, 5.41) is 0. The van der Waals surface area contributed by atoms with Gasteiger partial charge in [0.25, 0.3) is 5.91 Å². The van der Waals surface area contributed by atoms with Crippen LogP contribution in [0.25, 0.3) is 0 Å². The highest BCUT2D eigenvalue weighted by molar-refractivity contribution is 5.93. The van der Waals surface area contributed by atoms with Crippen molar-refractivity contribution in [1.29, 1.82) is 0 Å². The maximum atomic E-state index is 12.6. The lowest BCUT2D eigenvalue weighted by atomic mass is 9.93. The zero-order chi connectivity index (χ0) is 12.9. The molecule has 17 heavy (non-hydrogen) atoms. The molecule has 1 amide bonds. The number of rotatable bonds is 4. The van der Waals surface area contributed by atoms with Gasteiger partial charge < -0.3 is 0 Å². The number of halogens is 1. The van der Waals surface area contributed by atoms with Gasteiger partial charge in [-0.25, -0.2) is 9.82 Å². The lowest BCUT2D eigenvalue weighted by Crippen LogP contribution is -2.38. The summed E-state index contributed by atoms with van der Waals surface area (Å²) < 4.78 is 12.6. The molecule has 0 unspecified atom stereocenters. The molecule has 0 heterocycles. The Morgan fingerprint density at radius 3 is 2.35 bits per heavy atom. The molecule has 2 N–H and O–H groups in total. The molecule has 0 saturated heterocycles. The van der Waals surface area contributed by atoms with Gasteiger partial charge in [-0.3, -0.25) is 10.2 Å². The van der Waals surface area contributed by atoms with Crippen molar-refractivity contribution < 1.29 is 9.18 Å². The van der Waals surface area contributed by atoms with Gasteiger partial charge in [-0.05, 0) is 36.1 Å². The fourth-order valence-corrected chi connectivity index (χ4v) is 1.25. The van der Waals surface area contributed by atoms with Crippen molar-refractivity contribution in [2.24, 2.45) is 5.41 Å². The van der Waals surface area contributed by atoms with Gasteiger partial charge in [-0.2, -0.15) is 0 Å². The first kappa shape index (κ1) is 13.6. The molecule has 1 aromatic carbocycles. The van der Waals surface area contributed by atoms with E-state index in [0.717, 1.165) is 6.42 Å². The summed E-state index contributed by atoms with van der Waals surface area (Å²) in [6.07, 6.45) is 0.955. The van der Waals surface area contributed by atoms with E-state index in [9.17, 15) is 9.18 Å². The number of carbonyl (C=O) groups excluding carboxylic acids is 1. The summed E-state index contributed by atoms with van der Waals surface area (Å²) in [6.45, 7) is 7.11. The smallest absolute Gasteiger partial charge is 0.265 e. The fourth-order valence-electron chi connectivity index (χ4n) is 1.25. The predicted molar refractivity (Wildman–Crippen MR) is 65.9 cm³/mol. The van der Waals surface area contributed by atoms with Crippen LogP contribution >= 0.6 is 0 Å². The third kappa shape index (κ3) is 5.45. The molecular formula is C13H19FN2O. The van der Waals surface area contributed by atoms with Crippen LogP contribution in [0.5, 0.6) is 0 Å². The van der Waals surface area contributed by atoms with E-state index >= 15 is 0 Å². The number of hydrogen-bond donors (Lipinski definition) is 2. The van der Waals surface area contributed by atoms with E-state index in [-0.39, 0.29) is 17.1 Å². The summed E-state index contributed by atoms with van der Waals surface area (Å²) in [6, 6.07) is 5.44. The van der Waals surface area contributed by atoms with Crippen molar-refractivity contribution in [3.8, 4) is 0 Å². The Kier molecular flexibility index (Phi) is 4.63. The van der Waals surface area contributed by atoms with Crippen LogP contribution in [0.2, 0.25) is 0 Å². The molecule has 0 atom stereocenters. The maximum Gasteiger partial charge on any atom is 0.265 e. The molecule has 0 spiro atoms. The van der Waals surface area contributed by atoms with Gasteiger partial charge in [0.2, 0.25) is 0 Å². The molecule has 0 bridgehead atoms. The molecule has 3 nitrogen and oxygen atoms in total. The van der Waals surface area contributed by atoms with Crippen LogP contribution in [0.4, 0.5) is 4.39 Å². The monoisotopic (exact) mass is 238 g/mol. The highest BCUT2D eigenvalue weighted by Gasteiger charge is 2.09. The quantitative estimate of drug-likeness (QED) is 0.625. The average Bonchev–Trinajstić information content (AvgIpc) is 2.24. The van der Waals surface area contributed by atoms with Crippen molar-refractivity contribution in [2.75, 3.05) is 6.54 Å². The number of benzene rings is 1. The van der Waals surface area contributed by atoms with Crippen molar-refractivity contribution >= 4 is 5.91 Å². The lowest BCUT2D eigenvalue weighted by Gasteiger charge is -2.18. The van der Waals surface area contributed by atoms with Gasteiger partial charge in [0, 0.05) is 12.1 Å². The summed E-state index contributed by atoms with van der Waals surface area (Å²) in [4.78, 5) is 11.6. The first-order chi connectivity index (χ1) is 7.88. The minimum atomic E-state index is -0.345. The van der Waals surface area contributed by atoms with Crippen molar-refractivity contribution in [2.45, 2.75) is 27.2 Å². The van der Waals surface area contributed by atoms with Gasteiger partial charge in [0.15, 0.2) is 0 Å². The third-order valence-electron chi connectivity index (χ3n) is 2.31. The summed E-state index contributed by atoms with van der Waals surface area (Å²) >= 11 is 0. The van der Waals surface area contributed by atoms with Gasteiger partial charge in [-0.15, -0.1) is 0 Å². The summed E-state index contributed by atoms with van der Waals surface area (Å²) in [5.74, 6) is -0.596. The van der Waals surface area contributed by atoms with Gasteiger partial charge in [0.1, 0.15) is 5.82 Å². The standard InChI is InChI=1S/C13H19FN2O/c1-13(2,3)8-9-15-16-12(17)10-4-6-11(14)7-5-10/h4-7,15H,8-9H2,1-3H3,(H,16,17). The predicted octanol–water partition coefficient (Wildman–Crippen LogP) is 2.50. The van der Waals surface area contributed by atoms with Crippen molar-refractivity contribution in [1.82, 2.24) is 10.9 Å². The van der Waals surface area contributed by atoms with Crippen LogP contribution in [0.3, 0.4) is 0 Å². The third-order valence-corrected chi connectivity index (χ3v) is 2.31. The molecule has 1 aromatic rings. The largest absolute Gasteiger partial charge is 0.287 e. The second kappa shape index (κ2) is 5.77. The topological polar surface area (TPSA) is 41.1 Å². The zero-order valence-electron chi connectivity index (χ0n) is 10.5. The Bertz CT molecular complexity index is 368. The van der Waals surface area contributed by atoms with E-state index < -0.39 is 0 Å². The van der Waals surface area contributed by atoms with E-state index in [2.05, 4.69) is 31.6 Å². The molecule has 4 heteroatoms. The summed E-state index contributed by atoms with van der Waals surface area (Å²) in [5.41, 5.74) is 6.11. The van der Waals surface area contributed by atoms with Crippen LogP contribution in [-0.2, 0) is 0 Å². The van der Waals surface area contributed by atoms with E-state index in [1.807, 2.05) is 0 Å². The minimum absolute atomic E-state index is 0.230. The van der Waals surface area contributed by atoms with Crippen LogP contribution < -0.4 is 10.9 Å². The Morgan fingerprint density at radius 1 is 1.24 bits per heavy atom. The molecule has 94 valence electrons. The first-order valence-electron chi connectivity index (χ1n) is 5.67. The zero-order valence-corrected chi connectivity index (χ0v) is 10.5. The fraction of sp³-hybridized carbons (Fsp3) is 0.462. The van der Waals surface area contributed by atoms with E-state index in [4.69, 9.17) is 0 Å². The molecule has 0 aliphatic heterocycles. The normalized spacial score (nSPS) is 11.3. The number of carbonyl (C=O) groups is 1. The number of hydrazine groups is 1. The molecular weight excluding hydrogens is 219 g/mol. The van der Waals surface area contributed by atoms with Gasteiger partial charge in [-0.1, -0.05) is 20.8 Å². The van der Waals surface area contributed by atoms with Crippen LogP contribution in [0.15, 0.2) is 24.3 Å². The number of nitrogens with one attached hydrogen (secondary N) is 2. The molecule has 0 saturated carbocycles. The lowest BCUT2D eigenvalue weighted by molar-refractivity contribution is 0.0931. The van der Waals surface area contributed by atoms with Crippen LogP contribution in [0, 0.1) is 11.2 Å². The minimum Gasteiger partial charge on any atom is -0.287 e. The van der Waals surface area contributed by atoms with Gasteiger partial charge in [0.05, 0.1) is 0 Å².